The molecule has 21 heavy (non-hydrogen) atoms. The van der Waals surface area contributed by atoms with Gasteiger partial charge in [-0.3, -0.25) is 4.79 Å². The summed E-state index contributed by atoms with van der Waals surface area (Å²) < 4.78 is 10.6. The zero-order chi connectivity index (χ0) is 15.1. The summed E-state index contributed by atoms with van der Waals surface area (Å²) in [5, 5.41) is 0. The summed E-state index contributed by atoms with van der Waals surface area (Å²) in [4.78, 5) is 13.3. The SMILES string of the molecule is CCOC(=O)[C@@H]1CCC[NH+](Cc2ccc(OCC)cc2)C1. The second-order valence-electron chi connectivity index (χ2n) is 5.55. The maximum absolute atomic E-state index is 11.9. The number of rotatable bonds is 6. The standard InChI is InChI=1S/C17H25NO3/c1-3-20-16-9-7-14(8-10-16)12-18-11-5-6-15(13-18)17(19)21-4-2/h7-10,15H,3-6,11-13H2,1-2H3/p+1/t15-/m1/s1. The lowest BCUT2D eigenvalue weighted by molar-refractivity contribution is -0.921. The van der Waals surface area contributed by atoms with E-state index in [0.717, 1.165) is 38.2 Å². The van der Waals surface area contributed by atoms with E-state index in [-0.39, 0.29) is 11.9 Å². The van der Waals surface area contributed by atoms with Crippen molar-refractivity contribution in [2.75, 3.05) is 26.3 Å². The fourth-order valence-electron chi connectivity index (χ4n) is 2.93. The molecule has 0 amide bonds. The van der Waals surface area contributed by atoms with Crippen molar-refractivity contribution in [2.24, 2.45) is 5.92 Å². The predicted octanol–water partition coefficient (Wildman–Crippen LogP) is 1.44. The van der Waals surface area contributed by atoms with E-state index in [9.17, 15) is 4.79 Å². The minimum absolute atomic E-state index is 0.0265. The number of hydrogen-bond acceptors (Lipinski definition) is 3. The van der Waals surface area contributed by atoms with Crippen LogP contribution in [0.1, 0.15) is 32.3 Å². The Morgan fingerprint density at radius 2 is 2.00 bits per heavy atom. The first kappa shape index (κ1) is 15.8. The summed E-state index contributed by atoms with van der Waals surface area (Å²) in [5.74, 6) is 0.956. The number of carbonyl (C=O) groups excluding carboxylic acids is 1. The predicted molar refractivity (Wildman–Crippen MR) is 81.4 cm³/mol. The third kappa shape index (κ3) is 4.74. The molecule has 0 bridgehead atoms. The molecule has 1 aliphatic heterocycles. The third-order valence-electron chi connectivity index (χ3n) is 3.93. The number of benzene rings is 1. The second-order valence-corrected chi connectivity index (χ2v) is 5.55. The highest BCUT2D eigenvalue weighted by Crippen LogP contribution is 2.13. The van der Waals surface area contributed by atoms with Crippen LogP contribution in [0.3, 0.4) is 0 Å². The van der Waals surface area contributed by atoms with E-state index in [1.54, 1.807) is 0 Å². The molecule has 0 aromatic heterocycles. The summed E-state index contributed by atoms with van der Waals surface area (Å²) in [5.41, 5.74) is 1.29. The lowest BCUT2D eigenvalue weighted by Crippen LogP contribution is -3.12. The Labute approximate surface area is 127 Å². The maximum Gasteiger partial charge on any atom is 0.314 e. The quantitative estimate of drug-likeness (QED) is 0.807. The van der Waals surface area contributed by atoms with Crippen molar-refractivity contribution in [1.29, 1.82) is 0 Å². The number of carbonyl (C=O) groups is 1. The normalized spacial score (nSPS) is 21.8. The van der Waals surface area contributed by atoms with Gasteiger partial charge in [-0.1, -0.05) is 0 Å². The zero-order valence-electron chi connectivity index (χ0n) is 13.1. The molecule has 1 aromatic carbocycles. The fourth-order valence-corrected chi connectivity index (χ4v) is 2.93. The van der Waals surface area contributed by atoms with Gasteiger partial charge in [0.05, 0.1) is 26.3 Å². The molecule has 4 nitrogen and oxygen atoms in total. The Morgan fingerprint density at radius 3 is 2.67 bits per heavy atom. The van der Waals surface area contributed by atoms with Gasteiger partial charge in [0.2, 0.25) is 0 Å². The van der Waals surface area contributed by atoms with Gasteiger partial charge in [-0.2, -0.15) is 0 Å². The molecule has 1 saturated heterocycles. The number of ether oxygens (including phenoxy) is 2. The molecule has 0 radical (unpaired) electrons. The van der Waals surface area contributed by atoms with Gasteiger partial charge in [0.15, 0.2) is 0 Å². The molecule has 2 atom stereocenters. The highest BCUT2D eigenvalue weighted by Gasteiger charge is 2.29. The molecule has 2 rings (SSSR count). The Kier molecular flexibility index (Phi) is 6.05. The van der Waals surface area contributed by atoms with Gasteiger partial charge in [-0.05, 0) is 51.0 Å². The first-order valence-corrected chi connectivity index (χ1v) is 7.94. The van der Waals surface area contributed by atoms with E-state index >= 15 is 0 Å². The number of hydrogen-bond donors (Lipinski definition) is 1. The molecule has 1 unspecified atom stereocenters. The van der Waals surface area contributed by atoms with E-state index in [0.29, 0.717) is 13.2 Å². The molecule has 1 fully saturated rings. The zero-order valence-corrected chi connectivity index (χ0v) is 13.1. The third-order valence-corrected chi connectivity index (χ3v) is 3.93. The summed E-state index contributed by atoms with van der Waals surface area (Å²) in [6, 6.07) is 8.27. The van der Waals surface area contributed by atoms with Gasteiger partial charge in [0.25, 0.3) is 0 Å². The second kappa shape index (κ2) is 8.03. The topological polar surface area (TPSA) is 40.0 Å². The van der Waals surface area contributed by atoms with Crippen LogP contribution in [0.4, 0.5) is 0 Å². The summed E-state index contributed by atoms with van der Waals surface area (Å²) >= 11 is 0. The average Bonchev–Trinajstić information content (AvgIpc) is 2.50. The first-order valence-electron chi connectivity index (χ1n) is 7.94. The van der Waals surface area contributed by atoms with Crippen molar-refractivity contribution >= 4 is 5.97 Å². The lowest BCUT2D eigenvalue weighted by atomic mass is 9.98. The van der Waals surface area contributed by atoms with Gasteiger partial charge in [0, 0.05) is 5.56 Å². The van der Waals surface area contributed by atoms with E-state index in [1.165, 1.54) is 10.5 Å². The van der Waals surface area contributed by atoms with Crippen LogP contribution in [0.25, 0.3) is 0 Å². The first-order chi connectivity index (χ1) is 10.2. The Hall–Kier alpha value is -1.55. The Balaban J connectivity index is 1.88. The molecule has 1 aliphatic rings. The molecular weight excluding hydrogens is 266 g/mol. The van der Waals surface area contributed by atoms with Crippen LogP contribution in [-0.4, -0.2) is 32.3 Å². The lowest BCUT2D eigenvalue weighted by Gasteiger charge is -2.28. The van der Waals surface area contributed by atoms with Gasteiger partial charge >= 0.3 is 5.97 Å². The minimum atomic E-state index is -0.0265. The van der Waals surface area contributed by atoms with Gasteiger partial charge in [0.1, 0.15) is 18.2 Å². The van der Waals surface area contributed by atoms with Crippen molar-refractivity contribution in [3.63, 3.8) is 0 Å². The largest absolute Gasteiger partial charge is 0.494 e. The summed E-state index contributed by atoms with van der Waals surface area (Å²) in [6.07, 6.45) is 2.06. The highest BCUT2D eigenvalue weighted by atomic mass is 16.5. The maximum atomic E-state index is 11.9. The van der Waals surface area contributed by atoms with E-state index in [1.807, 2.05) is 26.0 Å². The van der Waals surface area contributed by atoms with Gasteiger partial charge < -0.3 is 14.4 Å². The molecular formula is C17H26NO3+. The average molecular weight is 292 g/mol. The number of likely N-dealkylation sites (tertiary alicyclic amines) is 1. The van der Waals surface area contributed by atoms with Crippen molar-refractivity contribution < 1.29 is 19.2 Å². The van der Waals surface area contributed by atoms with Crippen LogP contribution in [0, 0.1) is 5.92 Å². The Bertz CT molecular complexity index is 444. The van der Waals surface area contributed by atoms with Crippen LogP contribution in [0.2, 0.25) is 0 Å². The molecule has 116 valence electrons. The molecule has 1 N–H and O–H groups in total. The fraction of sp³-hybridized carbons (Fsp3) is 0.588. The molecule has 4 heteroatoms. The summed E-state index contributed by atoms with van der Waals surface area (Å²) in [6.45, 7) is 7.99. The van der Waals surface area contributed by atoms with Crippen LogP contribution in [0.5, 0.6) is 5.75 Å². The molecule has 0 spiro atoms. The van der Waals surface area contributed by atoms with Crippen LogP contribution >= 0.6 is 0 Å². The highest BCUT2D eigenvalue weighted by molar-refractivity contribution is 5.72. The van der Waals surface area contributed by atoms with E-state index in [2.05, 4.69) is 12.1 Å². The van der Waals surface area contributed by atoms with Crippen molar-refractivity contribution in [3.05, 3.63) is 29.8 Å². The monoisotopic (exact) mass is 292 g/mol. The van der Waals surface area contributed by atoms with Crippen LogP contribution < -0.4 is 9.64 Å². The number of nitrogens with one attached hydrogen (secondary N) is 1. The minimum Gasteiger partial charge on any atom is -0.494 e. The molecule has 0 aliphatic carbocycles. The smallest absolute Gasteiger partial charge is 0.314 e. The van der Waals surface area contributed by atoms with Crippen molar-refractivity contribution in [3.8, 4) is 5.75 Å². The molecule has 1 aromatic rings. The van der Waals surface area contributed by atoms with E-state index < -0.39 is 0 Å². The van der Waals surface area contributed by atoms with Crippen LogP contribution in [0.15, 0.2) is 24.3 Å². The van der Waals surface area contributed by atoms with Crippen molar-refractivity contribution in [2.45, 2.75) is 33.2 Å². The number of quaternary nitrogens is 1. The Morgan fingerprint density at radius 1 is 1.24 bits per heavy atom. The molecule has 1 heterocycles. The van der Waals surface area contributed by atoms with Gasteiger partial charge in [-0.25, -0.2) is 0 Å². The summed E-state index contributed by atoms with van der Waals surface area (Å²) in [7, 11) is 0. The van der Waals surface area contributed by atoms with E-state index in [4.69, 9.17) is 9.47 Å². The van der Waals surface area contributed by atoms with Crippen LogP contribution in [-0.2, 0) is 16.1 Å². The van der Waals surface area contributed by atoms with Crippen molar-refractivity contribution in [1.82, 2.24) is 0 Å². The molecule has 0 saturated carbocycles. The van der Waals surface area contributed by atoms with Gasteiger partial charge in [-0.15, -0.1) is 0 Å². The number of esters is 1. The number of piperidine rings is 1.